The first kappa shape index (κ1) is 18.7. The summed E-state index contributed by atoms with van der Waals surface area (Å²) in [5, 5.41) is 3.25. The number of anilines is 2. The summed E-state index contributed by atoms with van der Waals surface area (Å²) < 4.78 is 13.7. The molecule has 3 heterocycles. The number of rotatable bonds is 4. The molecule has 7 heteroatoms. The average molecular weight is 403 g/mol. The number of carbonyl (C=O) groups excluding carboxylic acids is 1. The molecule has 0 spiro atoms. The van der Waals surface area contributed by atoms with Gasteiger partial charge in [-0.2, -0.15) is 0 Å². The SMILES string of the molecule is C[C@@H]1C[C@@H]1C(=O)N1CCc2nc(-c3ccncc3)nc(Nc3cccc(F)c3)c2C1. The lowest BCUT2D eigenvalue weighted by atomic mass is 10.0. The Morgan fingerprint density at radius 1 is 1.20 bits per heavy atom. The number of carbonyl (C=O) groups is 1. The minimum absolute atomic E-state index is 0.142. The lowest BCUT2D eigenvalue weighted by Gasteiger charge is -2.30. The predicted octanol–water partition coefficient (Wildman–Crippen LogP) is 3.96. The van der Waals surface area contributed by atoms with E-state index in [2.05, 4.69) is 17.2 Å². The molecule has 0 unspecified atom stereocenters. The van der Waals surface area contributed by atoms with Crippen molar-refractivity contribution in [3.63, 3.8) is 0 Å². The summed E-state index contributed by atoms with van der Waals surface area (Å²) in [5.74, 6) is 1.70. The zero-order valence-corrected chi connectivity index (χ0v) is 16.7. The summed E-state index contributed by atoms with van der Waals surface area (Å²) in [5.41, 5.74) is 3.28. The number of halogens is 1. The van der Waals surface area contributed by atoms with Crippen LogP contribution in [0.3, 0.4) is 0 Å². The Hall–Kier alpha value is -3.35. The van der Waals surface area contributed by atoms with Gasteiger partial charge in [0.1, 0.15) is 11.6 Å². The van der Waals surface area contributed by atoms with Crippen molar-refractivity contribution in [3.8, 4) is 11.4 Å². The molecule has 1 fully saturated rings. The van der Waals surface area contributed by atoms with Gasteiger partial charge in [0.25, 0.3) is 0 Å². The highest BCUT2D eigenvalue weighted by Crippen LogP contribution is 2.40. The minimum Gasteiger partial charge on any atom is -0.340 e. The third kappa shape index (κ3) is 3.63. The Morgan fingerprint density at radius 2 is 2.00 bits per heavy atom. The van der Waals surface area contributed by atoms with Gasteiger partial charge in [0.15, 0.2) is 5.82 Å². The van der Waals surface area contributed by atoms with Crippen LogP contribution in [0.4, 0.5) is 15.9 Å². The second-order valence-corrected chi connectivity index (χ2v) is 8.02. The van der Waals surface area contributed by atoms with Crippen molar-refractivity contribution in [3.05, 3.63) is 65.9 Å². The highest BCUT2D eigenvalue weighted by atomic mass is 19.1. The second kappa shape index (κ2) is 7.48. The van der Waals surface area contributed by atoms with Crippen LogP contribution in [-0.2, 0) is 17.8 Å². The van der Waals surface area contributed by atoms with E-state index in [1.807, 2.05) is 17.0 Å². The molecular weight excluding hydrogens is 381 g/mol. The summed E-state index contributed by atoms with van der Waals surface area (Å²) in [4.78, 5) is 28.3. The molecule has 1 amide bonds. The number of nitrogens with one attached hydrogen (secondary N) is 1. The number of fused-ring (bicyclic) bond motifs is 1. The van der Waals surface area contributed by atoms with Crippen molar-refractivity contribution < 1.29 is 9.18 Å². The van der Waals surface area contributed by atoms with Gasteiger partial charge >= 0.3 is 0 Å². The topological polar surface area (TPSA) is 71.0 Å². The number of pyridine rings is 1. The third-order valence-corrected chi connectivity index (χ3v) is 5.82. The molecule has 0 bridgehead atoms. The Kier molecular flexibility index (Phi) is 4.65. The number of hydrogen-bond acceptors (Lipinski definition) is 5. The Labute approximate surface area is 174 Å². The van der Waals surface area contributed by atoms with Crippen LogP contribution in [0.15, 0.2) is 48.8 Å². The van der Waals surface area contributed by atoms with Crippen LogP contribution in [0, 0.1) is 17.7 Å². The molecule has 30 heavy (non-hydrogen) atoms. The molecule has 1 aliphatic heterocycles. The standard InChI is InChI=1S/C23H22FN5O/c1-14-11-18(14)23(30)29-10-7-20-19(13-29)22(26-17-4-2-3-16(24)12-17)28-21(27-20)15-5-8-25-9-6-15/h2-6,8-9,12,14,18H,7,10-11,13H2,1H3,(H,26,27,28)/t14-,18+/m1/s1. The molecule has 1 saturated carbocycles. The van der Waals surface area contributed by atoms with E-state index in [1.165, 1.54) is 12.1 Å². The minimum atomic E-state index is -0.322. The fourth-order valence-electron chi connectivity index (χ4n) is 3.94. The lowest BCUT2D eigenvalue weighted by molar-refractivity contribution is -0.133. The Bertz CT molecular complexity index is 1100. The second-order valence-electron chi connectivity index (χ2n) is 8.02. The molecule has 6 nitrogen and oxygen atoms in total. The van der Waals surface area contributed by atoms with Gasteiger partial charge in [-0.05, 0) is 42.7 Å². The van der Waals surface area contributed by atoms with Crippen LogP contribution in [0.1, 0.15) is 24.6 Å². The lowest BCUT2D eigenvalue weighted by Crippen LogP contribution is -2.38. The van der Waals surface area contributed by atoms with Crippen LogP contribution in [-0.4, -0.2) is 32.3 Å². The van der Waals surface area contributed by atoms with Gasteiger partial charge in [0.05, 0.1) is 12.2 Å². The van der Waals surface area contributed by atoms with Crippen molar-refractivity contribution in [1.29, 1.82) is 0 Å². The van der Waals surface area contributed by atoms with Gasteiger partial charge in [-0.1, -0.05) is 13.0 Å². The van der Waals surface area contributed by atoms with Crippen LogP contribution in [0.2, 0.25) is 0 Å². The maximum absolute atomic E-state index is 13.7. The van der Waals surface area contributed by atoms with Gasteiger partial charge in [-0.3, -0.25) is 9.78 Å². The summed E-state index contributed by atoms with van der Waals surface area (Å²) in [6.07, 6.45) is 5.04. The van der Waals surface area contributed by atoms with Crippen molar-refractivity contribution in [1.82, 2.24) is 19.9 Å². The molecule has 152 valence electrons. The first-order valence-corrected chi connectivity index (χ1v) is 10.2. The van der Waals surface area contributed by atoms with Crippen molar-refractivity contribution in [2.24, 2.45) is 11.8 Å². The van der Waals surface area contributed by atoms with Gasteiger partial charge in [0.2, 0.25) is 5.91 Å². The molecule has 1 aliphatic carbocycles. The highest BCUT2D eigenvalue weighted by molar-refractivity contribution is 5.82. The monoisotopic (exact) mass is 403 g/mol. The van der Waals surface area contributed by atoms with Crippen LogP contribution in [0.5, 0.6) is 0 Å². The van der Waals surface area contributed by atoms with E-state index in [9.17, 15) is 9.18 Å². The summed E-state index contributed by atoms with van der Waals surface area (Å²) in [7, 11) is 0. The molecule has 0 saturated heterocycles. The fourth-order valence-corrected chi connectivity index (χ4v) is 3.94. The molecule has 1 aromatic carbocycles. The summed E-state index contributed by atoms with van der Waals surface area (Å²) >= 11 is 0. The average Bonchev–Trinajstić information content (AvgIpc) is 3.50. The Morgan fingerprint density at radius 3 is 2.73 bits per heavy atom. The number of aromatic nitrogens is 3. The zero-order chi connectivity index (χ0) is 20.7. The largest absolute Gasteiger partial charge is 0.340 e. The molecule has 5 rings (SSSR count). The summed E-state index contributed by atoms with van der Waals surface area (Å²) in [6.45, 7) is 3.23. The molecule has 2 atom stereocenters. The van der Waals surface area contributed by atoms with Crippen molar-refractivity contribution in [2.75, 3.05) is 11.9 Å². The molecule has 2 aromatic heterocycles. The number of amides is 1. The van der Waals surface area contributed by atoms with Crippen LogP contribution >= 0.6 is 0 Å². The van der Waals surface area contributed by atoms with E-state index < -0.39 is 0 Å². The number of hydrogen-bond donors (Lipinski definition) is 1. The van der Waals surface area contributed by atoms with E-state index >= 15 is 0 Å². The van der Waals surface area contributed by atoms with Crippen LogP contribution in [0.25, 0.3) is 11.4 Å². The smallest absolute Gasteiger partial charge is 0.226 e. The predicted molar refractivity (Wildman–Crippen MR) is 111 cm³/mol. The zero-order valence-electron chi connectivity index (χ0n) is 16.7. The normalized spacial score (nSPS) is 19.9. The van der Waals surface area contributed by atoms with Crippen molar-refractivity contribution >= 4 is 17.4 Å². The van der Waals surface area contributed by atoms with Gasteiger partial charge in [-0.25, -0.2) is 14.4 Å². The number of nitrogens with zero attached hydrogens (tertiary/aromatic N) is 4. The maximum atomic E-state index is 13.7. The first-order chi connectivity index (χ1) is 14.6. The van der Waals surface area contributed by atoms with E-state index in [1.54, 1.807) is 24.5 Å². The molecule has 3 aromatic rings. The van der Waals surface area contributed by atoms with E-state index in [0.717, 1.165) is 23.2 Å². The van der Waals surface area contributed by atoms with Gasteiger partial charge in [0, 0.05) is 48.1 Å². The van der Waals surface area contributed by atoms with E-state index in [-0.39, 0.29) is 17.6 Å². The van der Waals surface area contributed by atoms with Crippen molar-refractivity contribution in [2.45, 2.75) is 26.3 Å². The van der Waals surface area contributed by atoms with E-state index in [0.29, 0.717) is 42.8 Å². The van der Waals surface area contributed by atoms with Gasteiger partial charge < -0.3 is 10.2 Å². The molecule has 1 N–H and O–H groups in total. The maximum Gasteiger partial charge on any atom is 0.226 e. The fraction of sp³-hybridized carbons (Fsp3) is 0.304. The molecule has 2 aliphatic rings. The summed E-state index contributed by atoms with van der Waals surface area (Å²) in [6, 6.07) is 10.0. The van der Waals surface area contributed by atoms with Crippen LogP contribution < -0.4 is 5.32 Å². The third-order valence-electron chi connectivity index (χ3n) is 5.82. The molecule has 0 radical (unpaired) electrons. The quantitative estimate of drug-likeness (QED) is 0.714. The Balaban J connectivity index is 1.53. The molecular formula is C23H22FN5O. The first-order valence-electron chi connectivity index (χ1n) is 10.2. The van der Waals surface area contributed by atoms with E-state index in [4.69, 9.17) is 9.97 Å². The highest BCUT2D eigenvalue weighted by Gasteiger charge is 2.42. The number of benzene rings is 1. The van der Waals surface area contributed by atoms with Gasteiger partial charge in [-0.15, -0.1) is 0 Å².